The molecule has 0 saturated carbocycles. The molecule has 0 aromatic carbocycles. The third-order valence-electron chi connectivity index (χ3n) is 4.09. The molecule has 2 aromatic rings. The quantitative estimate of drug-likeness (QED) is 0.836. The Balaban J connectivity index is 1.66. The minimum atomic E-state index is -0.479. The zero-order valence-corrected chi connectivity index (χ0v) is 16.4. The van der Waals surface area contributed by atoms with Crippen LogP contribution in [-0.4, -0.2) is 50.3 Å². The van der Waals surface area contributed by atoms with Gasteiger partial charge in [0.1, 0.15) is 16.0 Å². The number of hydrogen-bond donors (Lipinski definition) is 1. The van der Waals surface area contributed by atoms with Crippen molar-refractivity contribution in [1.29, 1.82) is 0 Å². The second kappa shape index (κ2) is 7.19. The number of fused-ring (bicyclic) bond motifs is 1. The number of hydrogen-bond acceptors (Lipinski definition) is 5. The van der Waals surface area contributed by atoms with Crippen LogP contribution in [0.25, 0.3) is 5.65 Å². The maximum atomic E-state index is 12.5. The molecule has 3 rings (SSSR count). The molecule has 1 fully saturated rings. The molecule has 0 radical (unpaired) electrons. The predicted octanol–water partition coefficient (Wildman–Crippen LogP) is 3.69. The van der Waals surface area contributed by atoms with E-state index in [1.807, 2.05) is 37.8 Å². The molecule has 0 aliphatic carbocycles. The highest BCUT2D eigenvalue weighted by Gasteiger charge is 2.30. The van der Waals surface area contributed by atoms with Crippen molar-refractivity contribution in [3.05, 3.63) is 22.9 Å². The number of nitrogens with zero attached hydrogens (tertiary/aromatic N) is 4. The molecule has 0 unspecified atom stereocenters. The maximum absolute atomic E-state index is 12.5. The highest BCUT2D eigenvalue weighted by molar-refractivity contribution is 9.10. The third kappa shape index (κ3) is 4.42. The van der Waals surface area contributed by atoms with Crippen LogP contribution in [0.5, 0.6) is 0 Å². The molecular weight excluding hydrogens is 386 g/mol. The van der Waals surface area contributed by atoms with Crippen molar-refractivity contribution in [2.24, 2.45) is 0 Å². The van der Waals surface area contributed by atoms with Gasteiger partial charge in [-0.25, -0.2) is 14.3 Å². The number of aromatic nitrogens is 3. The zero-order chi connectivity index (χ0) is 18.0. The summed E-state index contributed by atoms with van der Waals surface area (Å²) in [4.78, 5) is 18.5. The first-order valence-corrected chi connectivity index (χ1v) is 9.36. The molecule has 25 heavy (non-hydrogen) atoms. The van der Waals surface area contributed by atoms with E-state index in [4.69, 9.17) is 4.74 Å². The summed E-state index contributed by atoms with van der Waals surface area (Å²) in [7, 11) is 0. The van der Waals surface area contributed by atoms with Crippen molar-refractivity contribution in [2.75, 3.05) is 18.4 Å². The molecule has 136 valence electrons. The standard InChI is InChI=1S/C17H24BrN5O2/c1-17(2,3)25-16(24)22-9-5-4-6-12(22)10-19-14-7-8-15-20-11-13(18)23(15)21-14/h7-8,11-12H,4-6,9-10H2,1-3H3,(H,19,21)/t12-/m0/s1. The Kier molecular flexibility index (Phi) is 5.17. The number of carbonyl (C=O) groups excluding carboxylic acids is 1. The third-order valence-corrected chi connectivity index (χ3v) is 4.64. The number of halogens is 1. The van der Waals surface area contributed by atoms with Gasteiger partial charge in [-0.1, -0.05) is 0 Å². The van der Waals surface area contributed by atoms with Gasteiger partial charge in [0, 0.05) is 13.1 Å². The van der Waals surface area contributed by atoms with E-state index in [2.05, 4.69) is 31.3 Å². The highest BCUT2D eigenvalue weighted by atomic mass is 79.9. The maximum Gasteiger partial charge on any atom is 0.410 e. The van der Waals surface area contributed by atoms with E-state index in [9.17, 15) is 4.79 Å². The first-order chi connectivity index (χ1) is 11.8. The van der Waals surface area contributed by atoms with E-state index in [1.54, 1.807) is 10.7 Å². The molecule has 8 heteroatoms. The van der Waals surface area contributed by atoms with Gasteiger partial charge in [0.2, 0.25) is 0 Å². The Labute approximate surface area is 155 Å². The topological polar surface area (TPSA) is 71.8 Å². The molecule has 1 aliphatic heterocycles. The fourth-order valence-corrected chi connectivity index (χ4v) is 3.30. The van der Waals surface area contributed by atoms with Crippen LogP contribution in [-0.2, 0) is 4.74 Å². The molecule has 1 atom stereocenters. The fourth-order valence-electron chi connectivity index (χ4n) is 2.94. The Morgan fingerprint density at radius 1 is 1.40 bits per heavy atom. The lowest BCUT2D eigenvalue weighted by molar-refractivity contribution is 0.0114. The minimum Gasteiger partial charge on any atom is -0.444 e. The summed E-state index contributed by atoms with van der Waals surface area (Å²) < 4.78 is 8.08. The van der Waals surface area contributed by atoms with E-state index in [-0.39, 0.29) is 12.1 Å². The summed E-state index contributed by atoms with van der Waals surface area (Å²) in [5.41, 5.74) is 0.303. The fraction of sp³-hybridized carbons (Fsp3) is 0.588. The van der Waals surface area contributed by atoms with Gasteiger partial charge in [0.05, 0.1) is 12.2 Å². The second-order valence-electron chi connectivity index (χ2n) is 7.27. The van der Waals surface area contributed by atoms with E-state index in [0.29, 0.717) is 6.54 Å². The number of carbonyl (C=O) groups is 1. The molecule has 2 aromatic heterocycles. The monoisotopic (exact) mass is 409 g/mol. The lowest BCUT2D eigenvalue weighted by Gasteiger charge is -2.36. The average molecular weight is 410 g/mol. The lowest BCUT2D eigenvalue weighted by atomic mass is 10.0. The number of rotatable bonds is 3. The van der Waals surface area contributed by atoms with Crippen LogP contribution in [0.15, 0.2) is 22.9 Å². The van der Waals surface area contributed by atoms with Gasteiger partial charge in [-0.05, 0) is 68.1 Å². The smallest absolute Gasteiger partial charge is 0.410 e. The summed E-state index contributed by atoms with van der Waals surface area (Å²) in [6.45, 7) is 7.06. The number of nitrogens with one attached hydrogen (secondary N) is 1. The number of anilines is 1. The molecule has 1 saturated heterocycles. The summed E-state index contributed by atoms with van der Waals surface area (Å²) in [6.07, 6.45) is 4.58. The minimum absolute atomic E-state index is 0.104. The van der Waals surface area contributed by atoms with Gasteiger partial charge in [0.15, 0.2) is 5.65 Å². The molecule has 1 aliphatic rings. The first-order valence-electron chi connectivity index (χ1n) is 8.57. The Bertz CT molecular complexity index is 755. The number of likely N-dealkylation sites (tertiary alicyclic amines) is 1. The molecule has 3 heterocycles. The molecule has 1 amide bonds. The van der Waals surface area contributed by atoms with Gasteiger partial charge in [-0.3, -0.25) is 0 Å². The van der Waals surface area contributed by atoms with Gasteiger partial charge in [-0.15, -0.1) is 5.10 Å². The molecule has 7 nitrogen and oxygen atoms in total. The lowest BCUT2D eigenvalue weighted by Crippen LogP contribution is -2.48. The van der Waals surface area contributed by atoms with Crippen molar-refractivity contribution < 1.29 is 9.53 Å². The van der Waals surface area contributed by atoms with Crippen LogP contribution in [0, 0.1) is 0 Å². The number of amides is 1. The van der Waals surface area contributed by atoms with Crippen LogP contribution < -0.4 is 5.32 Å². The van der Waals surface area contributed by atoms with Gasteiger partial charge >= 0.3 is 6.09 Å². The number of piperidine rings is 1. The molecule has 0 spiro atoms. The average Bonchev–Trinajstić information content (AvgIpc) is 2.92. The summed E-state index contributed by atoms with van der Waals surface area (Å²) in [5.74, 6) is 0.751. The van der Waals surface area contributed by atoms with Crippen LogP contribution >= 0.6 is 15.9 Å². The summed E-state index contributed by atoms with van der Waals surface area (Å²) in [5, 5.41) is 7.85. The number of imidazole rings is 1. The summed E-state index contributed by atoms with van der Waals surface area (Å²) >= 11 is 3.43. The highest BCUT2D eigenvalue weighted by Crippen LogP contribution is 2.21. The Hall–Kier alpha value is -1.83. The summed E-state index contributed by atoms with van der Waals surface area (Å²) in [6, 6.07) is 3.91. The van der Waals surface area contributed by atoms with Crippen molar-refractivity contribution in [3.8, 4) is 0 Å². The largest absolute Gasteiger partial charge is 0.444 e. The Morgan fingerprint density at radius 2 is 2.20 bits per heavy atom. The Morgan fingerprint density at radius 3 is 2.96 bits per heavy atom. The van der Waals surface area contributed by atoms with Crippen molar-refractivity contribution in [1.82, 2.24) is 19.5 Å². The number of ether oxygens (including phenoxy) is 1. The SMILES string of the molecule is CC(C)(C)OC(=O)N1CCCC[C@H]1CNc1ccc2ncc(Br)n2n1. The van der Waals surface area contributed by atoms with Crippen molar-refractivity contribution in [2.45, 2.75) is 51.7 Å². The van der Waals surface area contributed by atoms with Crippen LogP contribution in [0.3, 0.4) is 0 Å². The van der Waals surface area contributed by atoms with Crippen LogP contribution in [0.1, 0.15) is 40.0 Å². The van der Waals surface area contributed by atoms with Crippen molar-refractivity contribution >= 4 is 33.5 Å². The normalized spacial score (nSPS) is 18.4. The van der Waals surface area contributed by atoms with E-state index in [1.165, 1.54) is 0 Å². The zero-order valence-electron chi connectivity index (χ0n) is 14.8. The first kappa shape index (κ1) is 18.0. The molecule has 0 bridgehead atoms. The van der Waals surface area contributed by atoms with Crippen LogP contribution in [0.2, 0.25) is 0 Å². The molecular formula is C17H24BrN5O2. The van der Waals surface area contributed by atoms with Crippen LogP contribution in [0.4, 0.5) is 10.6 Å². The molecule has 1 N–H and O–H groups in total. The predicted molar refractivity (Wildman–Crippen MR) is 99.8 cm³/mol. The van der Waals surface area contributed by atoms with Gasteiger partial charge in [-0.2, -0.15) is 0 Å². The second-order valence-corrected chi connectivity index (χ2v) is 8.09. The van der Waals surface area contributed by atoms with Crippen molar-refractivity contribution in [3.63, 3.8) is 0 Å². The van der Waals surface area contributed by atoms with E-state index in [0.717, 1.165) is 41.9 Å². The van der Waals surface area contributed by atoms with E-state index < -0.39 is 5.60 Å². The van der Waals surface area contributed by atoms with Gasteiger partial charge < -0.3 is 15.0 Å². The van der Waals surface area contributed by atoms with Gasteiger partial charge in [0.25, 0.3) is 0 Å². The van der Waals surface area contributed by atoms with E-state index >= 15 is 0 Å².